The Labute approximate surface area is 58.5 Å². The second-order valence-electron chi connectivity index (χ2n) is 1.67. The summed E-state index contributed by atoms with van der Waals surface area (Å²) in [5.41, 5.74) is 5.12. The van der Waals surface area contributed by atoms with Gasteiger partial charge >= 0.3 is 6.61 Å². The molecular formula is C5H12F2N2O. The zero-order valence-corrected chi connectivity index (χ0v) is 5.65. The number of halogens is 2. The quantitative estimate of drug-likeness (QED) is 0.520. The van der Waals surface area contributed by atoms with Crippen molar-refractivity contribution in [1.82, 2.24) is 5.32 Å². The van der Waals surface area contributed by atoms with Crippen molar-refractivity contribution in [3.05, 3.63) is 0 Å². The first-order valence-electron chi connectivity index (χ1n) is 3.08. The number of rotatable bonds is 6. The van der Waals surface area contributed by atoms with Gasteiger partial charge in [0.2, 0.25) is 0 Å². The van der Waals surface area contributed by atoms with Crippen LogP contribution in [0, 0.1) is 0 Å². The summed E-state index contributed by atoms with van der Waals surface area (Å²) in [6.45, 7) is -1.08. The van der Waals surface area contributed by atoms with Crippen LogP contribution in [0.4, 0.5) is 8.78 Å². The highest BCUT2D eigenvalue weighted by Gasteiger charge is 1.98. The van der Waals surface area contributed by atoms with Gasteiger partial charge in [0, 0.05) is 19.6 Å². The molecule has 0 amide bonds. The summed E-state index contributed by atoms with van der Waals surface area (Å²) in [4.78, 5) is 0. The summed E-state index contributed by atoms with van der Waals surface area (Å²) in [6, 6.07) is 0. The maximum absolute atomic E-state index is 11.3. The van der Waals surface area contributed by atoms with Crippen LogP contribution in [0.2, 0.25) is 0 Å². The molecule has 0 rings (SSSR count). The average molecular weight is 154 g/mol. The molecule has 0 unspecified atom stereocenters. The lowest BCUT2D eigenvalue weighted by Gasteiger charge is -2.02. The number of nitrogens with one attached hydrogen (secondary N) is 1. The molecule has 0 saturated carbocycles. The minimum atomic E-state index is -2.67. The van der Waals surface area contributed by atoms with E-state index in [-0.39, 0.29) is 6.61 Å². The molecule has 3 nitrogen and oxygen atoms in total. The lowest BCUT2D eigenvalue weighted by Crippen LogP contribution is -2.26. The van der Waals surface area contributed by atoms with E-state index in [1.165, 1.54) is 0 Å². The van der Waals surface area contributed by atoms with E-state index in [2.05, 4.69) is 10.1 Å². The van der Waals surface area contributed by atoms with Gasteiger partial charge < -0.3 is 15.8 Å². The molecule has 0 bridgehead atoms. The normalized spacial score (nSPS) is 10.8. The van der Waals surface area contributed by atoms with Gasteiger partial charge in [-0.25, -0.2) is 0 Å². The molecule has 0 fully saturated rings. The summed E-state index contributed by atoms with van der Waals surface area (Å²) in [6.07, 6.45) is 0. The van der Waals surface area contributed by atoms with Crippen LogP contribution < -0.4 is 11.1 Å². The second-order valence-corrected chi connectivity index (χ2v) is 1.67. The number of hydrogen-bond donors (Lipinski definition) is 2. The van der Waals surface area contributed by atoms with Gasteiger partial charge in [0.15, 0.2) is 0 Å². The molecule has 0 saturated heterocycles. The van der Waals surface area contributed by atoms with Gasteiger partial charge in [0.1, 0.15) is 0 Å². The highest BCUT2D eigenvalue weighted by molar-refractivity contribution is 4.44. The van der Waals surface area contributed by atoms with Crippen LogP contribution in [0.15, 0.2) is 0 Å². The first-order valence-corrected chi connectivity index (χ1v) is 3.08. The fourth-order valence-corrected chi connectivity index (χ4v) is 0.447. The Morgan fingerprint density at radius 3 is 2.60 bits per heavy atom. The van der Waals surface area contributed by atoms with Gasteiger partial charge in [-0.2, -0.15) is 8.78 Å². The van der Waals surface area contributed by atoms with E-state index in [1.807, 2.05) is 0 Å². The molecule has 0 aliphatic carbocycles. The van der Waals surface area contributed by atoms with Gasteiger partial charge in [0.05, 0.1) is 6.61 Å². The summed E-state index contributed by atoms with van der Waals surface area (Å²) in [5.74, 6) is 0. The molecule has 0 radical (unpaired) electrons. The predicted octanol–water partition coefficient (Wildman–Crippen LogP) is -0.226. The highest BCUT2D eigenvalue weighted by Crippen LogP contribution is 1.91. The largest absolute Gasteiger partial charge is 0.345 e. The molecule has 0 aliphatic rings. The summed E-state index contributed by atoms with van der Waals surface area (Å²) >= 11 is 0. The standard InChI is InChI=1S/C5H12F2N2O/c6-5(7)10-4-3-9-2-1-8/h5,9H,1-4,8H2. The van der Waals surface area contributed by atoms with Crippen molar-refractivity contribution in [1.29, 1.82) is 0 Å². The SMILES string of the molecule is NCCNCCOC(F)F. The molecule has 62 valence electrons. The van der Waals surface area contributed by atoms with Crippen LogP contribution in [0.25, 0.3) is 0 Å². The molecule has 10 heavy (non-hydrogen) atoms. The van der Waals surface area contributed by atoms with Crippen molar-refractivity contribution in [2.45, 2.75) is 6.61 Å². The van der Waals surface area contributed by atoms with Crippen molar-refractivity contribution >= 4 is 0 Å². The minimum absolute atomic E-state index is 0.0255. The van der Waals surface area contributed by atoms with Gasteiger partial charge in [-0.1, -0.05) is 0 Å². The Hall–Kier alpha value is -0.260. The lowest BCUT2D eigenvalue weighted by atomic mass is 10.6. The van der Waals surface area contributed by atoms with E-state index < -0.39 is 6.61 Å². The van der Waals surface area contributed by atoms with E-state index in [9.17, 15) is 8.78 Å². The molecule has 3 N–H and O–H groups in total. The van der Waals surface area contributed by atoms with Gasteiger partial charge in [0.25, 0.3) is 0 Å². The van der Waals surface area contributed by atoms with Crippen molar-refractivity contribution < 1.29 is 13.5 Å². The number of nitrogens with two attached hydrogens (primary N) is 1. The third-order valence-electron chi connectivity index (χ3n) is 0.844. The number of ether oxygens (including phenoxy) is 1. The zero-order valence-electron chi connectivity index (χ0n) is 5.65. The Morgan fingerprint density at radius 1 is 1.40 bits per heavy atom. The van der Waals surface area contributed by atoms with Crippen molar-refractivity contribution in [2.75, 3.05) is 26.2 Å². The second kappa shape index (κ2) is 6.85. The fourth-order valence-electron chi connectivity index (χ4n) is 0.447. The van der Waals surface area contributed by atoms with Crippen LogP contribution >= 0.6 is 0 Å². The molecule has 0 heterocycles. The Kier molecular flexibility index (Phi) is 6.68. The molecule has 0 spiro atoms. The van der Waals surface area contributed by atoms with E-state index >= 15 is 0 Å². The monoisotopic (exact) mass is 154 g/mol. The summed E-state index contributed by atoms with van der Waals surface area (Å²) in [7, 11) is 0. The molecule has 0 aromatic rings. The average Bonchev–Trinajstić information content (AvgIpc) is 1.87. The molecule has 0 aromatic carbocycles. The smallest absolute Gasteiger partial charge is 0.329 e. The van der Waals surface area contributed by atoms with Crippen molar-refractivity contribution in [3.63, 3.8) is 0 Å². The van der Waals surface area contributed by atoms with Gasteiger partial charge in [-0.15, -0.1) is 0 Å². The Balaban J connectivity index is 2.77. The maximum Gasteiger partial charge on any atom is 0.345 e. The van der Waals surface area contributed by atoms with Crippen LogP contribution in [0.1, 0.15) is 0 Å². The van der Waals surface area contributed by atoms with Crippen LogP contribution in [0.3, 0.4) is 0 Å². The first-order chi connectivity index (χ1) is 4.77. The van der Waals surface area contributed by atoms with E-state index in [0.717, 1.165) is 0 Å². The third-order valence-corrected chi connectivity index (χ3v) is 0.844. The predicted molar refractivity (Wildman–Crippen MR) is 33.9 cm³/mol. The van der Waals surface area contributed by atoms with E-state index in [0.29, 0.717) is 19.6 Å². The summed E-state index contributed by atoms with van der Waals surface area (Å²) in [5, 5.41) is 2.81. The molecule has 0 atom stereocenters. The highest BCUT2D eigenvalue weighted by atomic mass is 19.3. The van der Waals surface area contributed by atoms with Gasteiger partial charge in [-0.05, 0) is 0 Å². The molecule has 0 aliphatic heterocycles. The van der Waals surface area contributed by atoms with Crippen molar-refractivity contribution in [2.24, 2.45) is 5.73 Å². The van der Waals surface area contributed by atoms with Gasteiger partial charge in [-0.3, -0.25) is 0 Å². The maximum atomic E-state index is 11.3. The van der Waals surface area contributed by atoms with Crippen LogP contribution in [0.5, 0.6) is 0 Å². The first kappa shape index (κ1) is 9.74. The summed E-state index contributed by atoms with van der Waals surface area (Å²) < 4.78 is 26.5. The van der Waals surface area contributed by atoms with Crippen molar-refractivity contribution in [3.8, 4) is 0 Å². The molecular weight excluding hydrogens is 142 g/mol. The Bertz CT molecular complexity index is 72.7. The third kappa shape index (κ3) is 7.74. The number of hydrogen-bond acceptors (Lipinski definition) is 3. The topological polar surface area (TPSA) is 47.3 Å². The number of alkyl halides is 2. The molecule has 0 aromatic heterocycles. The van der Waals surface area contributed by atoms with Crippen LogP contribution in [-0.2, 0) is 4.74 Å². The van der Waals surface area contributed by atoms with Crippen LogP contribution in [-0.4, -0.2) is 32.9 Å². The van der Waals surface area contributed by atoms with E-state index in [4.69, 9.17) is 5.73 Å². The molecule has 5 heteroatoms. The lowest BCUT2D eigenvalue weighted by molar-refractivity contribution is -0.127. The Morgan fingerprint density at radius 2 is 2.10 bits per heavy atom. The zero-order chi connectivity index (χ0) is 7.82. The fraction of sp³-hybridized carbons (Fsp3) is 1.00. The minimum Gasteiger partial charge on any atom is -0.329 e. The van der Waals surface area contributed by atoms with E-state index in [1.54, 1.807) is 0 Å².